The van der Waals surface area contributed by atoms with Gasteiger partial charge >= 0.3 is 0 Å². The highest BCUT2D eigenvalue weighted by molar-refractivity contribution is 7.14. The molecule has 1 heterocycles. The topological polar surface area (TPSA) is 37.3 Å². The minimum atomic E-state index is 0.694. The van der Waals surface area contributed by atoms with E-state index in [1.54, 1.807) is 6.21 Å². The van der Waals surface area contributed by atoms with Gasteiger partial charge in [0.25, 0.3) is 0 Å². The van der Waals surface area contributed by atoms with Gasteiger partial charge in [-0.05, 0) is 24.6 Å². The van der Waals surface area contributed by atoms with Crippen LogP contribution in [0.5, 0.6) is 0 Å². The molecule has 110 valence electrons. The van der Waals surface area contributed by atoms with Gasteiger partial charge < -0.3 is 0 Å². The van der Waals surface area contributed by atoms with Crippen LogP contribution in [-0.4, -0.2) is 11.2 Å². The van der Waals surface area contributed by atoms with E-state index >= 15 is 0 Å². The Morgan fingerprint density at radius 1 is 1.18 bits per heavy atom. The normalized spacial score (nSPS) is 11.0. The molecule has 0 fully saturated rings. The van der Waals surface area contributed by atoms with Crippen molar-refractivity contribution in [2.75, 3.05) is 5.43 Å². The fraction of sp³-hybridized carbons (Fsp3) is 0.0588. The number of thiazole rings is 1. The molecule has 0 amide bonds. The van der Waals surface area contributed by atoms with Crippen molar-refractivity contribution in [3.63, 3.8) is 0 Å². The van der Waals surface area contributed by atoms with Crippen LogP contribution in [0, 0.1) is 6.92 Å². The van der Waals surface area contributed by atoms with Crippen LogP contribution in [0.25, 0.3) is 11.3 Å². The summed E-state index contributed by atoms with van der Waals surface area (Å²) in [6.07, 6.45) is 1.72. The molecule has 3 aromatic rings. The lowest BCUT2D eigenvalue weighted by Gasteiger charge is -1.97. The number of aromatic nitrogens is 1. The van der Waals surface area contributed by atoms with Gasteiger partial charge in [-0.3, -0.25) is 5.43 Å². The van der Waals surface area contributed by atoms with E-state index in [1.807, 2.05) is 29.6 Å². The van der Waals surface area contributed by atoms with E-state index in [2.05, 4.69) is 46.7 Å². The molecule has 0 spiro atoms. The summed E-state index contributed by atoms with van der Waals surface area (Å²) in [5.41, 5.74) is 7.18. The average Bonchev–Trinajstić information content (AvgIpc) is 2.97. The quantitative estimate of drug-likeness (QED) is 0.527. The average molecular weight is 328 g/mol. The van der Waals surface area contributed by atoms with Crippen molar-refractivity contribution < 1.29 is 0 Å². The lowest BCUT2D eigenvalue weighted by atomic mass is 10.1. The van der Waals surface area contributed by atoms with Crippen LogP contribution in [-0.2, 0) is 0 Å². The fourth-order valence-electron chi connectivity index (χ4n) is 1.93. The zero-order chi connectivity index (χ0) is 15.4. The summed E-state index contributed by atoms with van der Waals surface area (Å²) in [5.74, 6) is 0. The number of hydrazone groups is 1. The molecule has 3 rings (SSSR count). The van der Waals surface area contributed by atoms with Crippen molar-refractivity contribution in [1.82, 2.24) is 4.98 Å². The second-order valence-electron chi connectivity index (χ2n) is 4.83. The minimum Gasteiger partial charge on any atom is -0.253 e. The highest BCUT2D eigenvalue weighted by Crippen LogP contribution is 2.25. The summed E-state index contributed by atoms with van der Waals surface area (Å²) in [6.45, 7) is 2.07. The van der Waals surface area contributed by atoms with E-state index in [0.717, 1.165) is 22.0 Å². The SMILES string of the molecule is Cc1ccc(-c2csc(N/N=C/c3cccc(Cl)c3)n2)cc1. The summed E-state index contributed by atoms with van der Waals surface area (Å²) < 4.78 is 0. The number of halogens is 1. The maximum absolute atomic E-state index is 5.93. The van der Waals surface area contributed by atoms with Crippen LogP contribution in [0.3, 0.4) is 0 Å². The Hall–Kier alpha value is -2.17. The van der Waals surface area contributed by atoms with Crippen molar-refractivity contribution in [1.29, 1.82) is 0 Å². The summed E-state index contributed by atoms with van der Waals surface area (Å²) in [6, 6.07) is 15.8. The minimum absolute atomic E-state index is 0.694. The van der Waals surface area contributed by atoms with Gasteiger partial charge in [-0.25, -0.2) is 4.98 Å². The van der Waals surface area contributed by atoms with Crippen molar-refractivity contribution in [2.45, 2.75) is 6.92 Å². The van der Waals surface area contributed by atoms with Crippen molar-refractivity contribution in [3.05, 3.63) is 70.1 Å². The van der Waals surface area contributed by atoms with Gasteiger partial charge in [0.15, 0.2) is 0 Å². The summed E-state index contributed by atoms with van der Waals surface area (Å²) in [7, 11) is 0. The molecule has 0 unspecified atom stereocenters. The predicted octanol–water partition coefficient (Wildman–Crippen LogP) is 5.22. The molecule has 2 aromatic carbocycles. The van der Waals surface area contributed by atoms with Crippen LogP contribution in [0.1, 0.15) is 11.1 Å². The second kappa shape index (κ2) is 6.73. The molecule has 3 nitrogen and oxygen atoms in total. The van der Waals surface area contributed by atoms with E-state index < -0.39 is 0 Å². The zero-order valence-corrected chi connectivity index (χ0v) is 13.5. The van der Waals surface area contributed by atoms with Gasteiger partial charge in [0.1, 0.15) is 0 Å². The van der Waals surface area contributed by atoms with E-state index in [0.29, 0.717) is 5.02 Å². The van der Waals surface area contributed by atoms with Gasteiger partial charge in [-0.2, -0.15) is 5.10 Å². The number of aryl methyl sites for hydroxylation is 1. The molecule has 5 heteroatoms. The molecule has 1 aromatic heterocycles. The molecule has 1 N–H and O–H groups in total. The first kappa shape index (κ1) is 14.8. The fourth-order valence-corrected chi connectivity index (χ4v) is 2.80. The second-order valence-corrected chi connectivity index (χ2v) is 6.12. The maximum atomic E-state index is 5.93. The third kappa shape index (κ3) is 3.72. The van der Waals surface area contributed by atoms with Crippen LogP contribution in [0.15, 0.2) is 59.0 Å². The predicted molar refractivity (Wildman–Crippen MR) is 95.0 cm³/mol. The smallest absolute Gasteiger partial charge is 0.203 e. The third-order valence-corrected chi connectivity index (χ3v) is 4.06. The Bertz CT molecular complexity index is 794. The number of nitrogens with zero attached hydrogens (tertiary/aromatic N) is 2. The Morgan fingerprint density at radius 3 is 2.77 bits per heavy atom. The van der Waals surface area contributed by atoms with E-state index in [4.69, 9.17) is 11.6 Å². The molecule has 0 atom stereocenters. The number of benzene rings is 2. The van der Waals surface area contributed by atoms with Gasteiger partial charge in [-0.15, -0.1) is 11.3 Å². The largest absolute Gasteiger partial charge is 0.253 e. The van der Waals surface area contributed by atoms with Crippen LogP contribution in [0.2, 0.25) is 5.02 Å². The van der Waals surface area contributed by atoms with Crippen molar-refractivity contribution in [3.8, 4) is 11.3 Å². The first-order chi connectivity index (χ1) is 10.7. The molecular weight excluding hydrogens is 314 g/mol. The van der Waals surface area contributed by atoms with Gasteiger partial charge in [-0.1, -0.05) is 53.6 Å². The zero-order valence-electron chi connectivity index (χ0n) is 12.0. The van der Waals surface area contributed by atoms with E-state index in [1.165, 1.54) is 16.9 Å². The lowest BCUT2D eigenvalue weighted by Crippen LogP contribution is -1.90. The van der Waals surface area contributed by atoms with Crippen LogP contribution in [0.4, 0.5) is 5.13 Å². The summed E-state index contributed by atoms with van der Waals surface area (Å²) >= 11 is 7.46. The summed E-state index contributed by atoms with van der Waals surface area (Å²) in [4.78, 5) is 4.53. The lowest BCUT2D eigenvalue weighted by molar-refractivity contribution is 1.29. The van der Waals surface area contributed by atoms with E-state index in [-0.39, 0.29) is 0 Å². The molecule has 22 heavy (non-hydrogen) atoms. The molecule has 0 saturated carbocycles. The molecule has 0 saturated heterocycles. The number of rotatable bonds is 4. The number of hydrogen-bond acceptors (Lipinski definition) is 4. The Balaban J connectivity index is 1.68. The van der Waals surface area contributed by atoms with Crippen molar-refractivity contribution in [2.24, 2.45) is 5.10 Å². The number of hydrogen-bond donors (Lipinski definition) is 1. The molecule has 0 aliphatic heterocycles. The highest BCUT2D eigenvalue weighted by Gasteiger charge is 2.03. The molecule has 0 aliphatic carbocycles. The van der Waals surface area contributed by atoms with Crippen LogP contribution >= 0.6 is 22.9 Å². The van der Waals surface area contributed by atoms with Crippen molar-refractivity contribution >= 4 is 34.3 Å². The Labute approximate surface area is 138 Å². The molecular formula is C17H14ClN3S. The third-order valence-electron chi connectivity index (χ3n) is 3.07. The maximum Gasteiger partial charge on any atom is 0.203 e. The van der Waals surface area contributed by atoms with E-state index in [9.17, 15) is 0 Å². The first-order valence-corrected chi connectivity index (χ1v) is 8.04. The van der Waals surface area contributed by atoms with Gasteiger partial charge in [0.2, 0.25) is 5.13 Å². The Morgan fingerprint density at radius 2 is 2.00 bits per heavy atom. The molecule has 0 aliphatic rings. The number of nitrogens with one attached hydrogen (secondary N) is 1. The number of anilines is 1. The van der Waals surface area contributed by atoms with Gasteiger partial charge in [0, 0.05) is 16.0 Å². The summed E-state index contributed by atoms with van der Waals surface area (Å²) in [5, 5.41) is 7.66. The first-order valence-electron chi connectivity index (χ1n) is 6.78. The molecule has 0 radical (unpaired) electrons. The Kier molecular flexibility index (Phi) is 4.51. The monoisotopic (exact) mass is 327 g/mol. The highest BCUT2D eigenvalue weighted by atomic mass is 35.5. The molecule has 0 bridgehead atoms. The van der Waals surface area contributed by atoms with Gasteiger partial charge in [0.05, 0.1) is 11.9 Å². The standard InChI is InChI=1S/C17H14ClN3S/c1-12-5-7-14(8-6-12)16-11-22-17(20-16)21-19-10-13-3-2-4-15(18)9-13/h2-11H,1H3,(H,20,21)/b19-10+. The van der Waals surface area contributed by atoms with Crippen LogP contribution < -0.4 is 5.43 Å².